The second-order valence-corrected chi connectivity index (χ2v) is 3.92. The lowest BCUT2D eigenvalue weighted by atomic mass is 10.3. The molecule has 0 amide bonds. The number of aliphatic hydroxyl groups is 1. The summed E-state index contributed by atoms with van der Waals surface area (Å²) >= 11 is 0. The van der Waals surface area contributed by atoms with Crippen LogP contribution in [0, 0.1) is 5.82 Å². The number of para-hydroxylation sites is 1. The minimum atomic E-state index is -0.312. The van der Waals surface area contributed by atoms with Crippen LogP contribution in [0.2, 0.25) is 0 Å². The highest BCUT2D eigenvalue weighted by atomic mass is 19.1. The van der Waals surface area contributed by atoms with E-state index in [0.29, 0.717) is 23.9 Å². The topological polar surface area (TPSA) is 61.3 Å². The molecule has 0 bridgehead atoms. The summed E-state index contributed by atoms with van der Waals surface area (Å²) in [4.78, 5) is 9.77. The zero-order valence-corrected chi connectivity index (χ0v) is 10.5. The molecule has 6 heteroatoms. The van der Waals surface area contributed by atoms with Crippen molar-refractivity contribution in [3.63, 3.8) is 0 Å². The van der Waals surface area contributed by atoms with Gasteiger partial charge in [-0.05, 0) is 12.1 Å². The minimum absolute atomic E-state index is 0.0164. The van der Waals surface area contributed by atoms with Crippen molar-refractivity contribution < 1.29 is 9.50 Å². The number of hydrogen-bond donors (Lipinski definition) is 2. The predicted octanol–water partition coefficient (Wildman–Crippen LogP) is 1.79. The van der Waals surface area contributed by atoms with E-state index >= 15 is 0 Å². The first-order valence-corrected chi connectivity index (χ1v) is 5.87. The summed E-state index contributed by atoms with van der Waals surface area (Å²) in [5.41, 5.74) is 0.439. The Balaban J connectivity index is 2.24. The zero-order valence-electron chi connectivity index (χ0n) is 10.5. The number of halogens is 1. The summed E-state index contributed by atoms with van der Waals surface area (Å²) < 4.78 is 13.7. The average molecular weight is 262 g/mol. The SMILES string of the molecule is CN(c1cc(NCCO)ncn1)c1ccccc1F. The van der Waals surface area contributed by atoms with E-state index in [1.807, 2.05) is 0 Å². The molecule has 0 radical (unpaired) electrons. The van der Waals surface area contributed by atoms with Crippen LogP contribution in [-0.4, -0.2) is 35.3 Å². The average Bonchev–Trinajstić information content (AvgIpc) is 2.45. The maximum absolute atomic E-state index is 13.7. The fraction of sp³-hybridized carbons (Fsp3) is 0.231. The zero-order chi connectivity index (χ0) is 13.7. The maximum atomic E-state index is 13.7. The molecule has 0 saturated heterocycles. The van der Waals surface area contributed by atoms with Crippen LogP contribution < -0.4 is 10.2 Å². The van der Waals surface area contributed by atoms with Crippen LogP contribution in [0.4, 0.5) is 21.7 Å². The molecule has 100 valence electrons. The third-order valence-electron chi connectivity index (χ3n) is 2.63. The van der Waals surface area contributed by atoms with Gasteiger partial charge in [0.2, 0.25) is 0 Å². The van der Waals surface area contributed by atoms with Gasteiger partial charge in [0.25, 0.3) is 0 Å². The lowest BCUT2D eigenvalue weighted by molar-refractivity contribution is 0.311. The Kier molecular flexibility index (Phi) is 4.25. The van der Waals surface area contributed by atoms with Gasteiger partial charge in [-0.2, -0.15) is 0 Å². The van der Waals surface area contributed by atoms with Gasteiger partial charge in [0.1, 0.15) is 23.8 Å². The molecular formula is C13H15FN4O. The summed E-state index contributed by atoms with van der Waals surface area (Å²) in [6, 6.07) is 8.18. The second-order valence-electron chi connectivity index (χ2n) is 3.92. The van der Waals surface area contributed by atoms with Gasteiger partial charge in [-0.25, -0.2) is 14.4 Å². The lowest BCUT2D eigenvalue weighted by Crippen LogP contribution is -2.14. The Morgan fingerprint density at radius 3 is 2.84 bits per heavy atom. The van der Waals surface area contributed by atoms with Crippen LogP contribution in [0.25, 0.3) is 0 Å². The first-order chi connectivity index (χ1) is 9.22. The molecule has 2 rings (SSSR count). The summed E-state index contributed by atoms with van der Waals surface area (Å²) in [6.07, 6.45) is 1.40. The molecule has 0 aliphatic carbocycles. The van der Waals surface area contributed by atoms with Crippen LogP contribution in [0.1, 0.15) is 0 Å². The van der Waals surface area contributed by atoms with Crippen LogP contribution in [0.5, 0.6) is 0 Å². The van der Waals surface area contributed by atoms with Crippen molar-refractivity contribution in [2.24, 2.45) is 0 Å². The molecule has 0 aliphatic heterocycles. The number of rotatable bonds is 5. The fourth-order valence-corrected chi connectivity index (χ4v) is 1.66. The standard InChI is InChI=1S/C13H15FN4O/c1-18(11-5-3-2-4-10(11)14)13-8-12(15-6-7-19)16-9-17-13/h2-5,8-9,19H,6-7H2,1H3,(H,15,16,17). The van der Waals surface area contributed by atoms with Crippen LogP contribution >= 0.6 is 0 Å². The molecule has 1 aromatic carbocycles. The molecule has 1 aromatic heterocycles. The number of aromatic nitrogens is 2. The minimum Gasteiger partial charge on any atom is -0.395 e. The summed E-state index contributed by atoms with van der Waals surface area (Å²) in [5.74, 6) is 0.844. The normalized spacial score (nSPS) is 10.3. The van der Waals surface area contributed by atoms with Crippen LogP contribution in [0.3, 0.4) is 0 Å². The quantitative estimate of drug-likeness (QED) is 0.860. The third-order valence-corrected chi connectivity index (χ3v) is 2.63. The van der Waals surface area contributed by atoms with E-state index < -0.39 is 0 Å². The molecule has 1 heterocycles. The van der Waals surface area contributed by atoms with E-state index in [9.17, 15) is 4.39 Å². The molecule has 0 aliphatic rings. The van der Waals surface area contributed by atoms with Gasteiger partial charge in [-0.15, -0.1) is 0 Å². The molecular weight excluding hydrogens is 247 g/mol. The summed E-state index contributed by atoms with van der Waals surface area (Å²) in [6.45, 7) is 0.419. The van der Waals surface area contributed by atoms with Gasteiger partial charge >= 0.3 is 0 Å². The van der Waals surface area contributed by atoms with Crippen molar-refractivity contribution in [2.75, 3.05) is 30.4 Å². The van der Waals surface area contributed by atoms with Gasteiger partial charge < -0.3 is 15.3 Å². The van der Waals surface area contributed by atoms with E-state index in [4.69, 9.17) is 5.11 Å². The third kappa shape index (κ3) is 3.17. The summed E-state index contributed by atoms with van der Waals surface area (Å²) in [7, 11) is 1.73. The Morgan fingerprint density at radius 1 is 1.32 bits per heavy atom. The van der Waals surface area contributed by atoms with Crippen molar-refractivity contribution in [3.05, 3.63) is 42.5 Å². The van der Waals surface area contributed by atoms with E-state index in [1.165, 1.54) is 12.4 Å². The monoisotopic (exact) mass is 262 g/mol. The highest BCUT2D eigenvalue weighted by Crippen LogP contribution is 2.24. The highest BCUT2D eigenvalue weighted by Gasteiger charge is 2.10. The second kappa shape index (κ2) is 6.10. The van der Waals surface area contributed by atoms with E-state index in [1.54, 1.807) is 36.2 Å². The van der Waals surface area contributed by atoms with E-state index in [-0.39, 0.29) is 12.4 Å². The van der Waals surface area contributed by atoms with Crippen molar-refractivity contribution >= 4 is 17.3 Å². The Hall–Kier alpha value is -2.21. The predicted molar refractivity (Wildman–Crippen MR) is 72.1 cm³/mol. The van der Waals surface area contributed by atoms with E-state index in [0.717, 1.165) is 0 Å². The summed E-state index contributed by atoms with van der Waals surface area (Å²) in [5, 5.41) is 11.7. The molecule has 2 aromatic rings. The largest absolute Gasteiger partial charge is 0.395 e. The Bertz CT molecular complexity index is 550. The molecule has 0 fully saturated rings. The number of anilines is 3. The van der Waals surface area contributed by atoms with Crippen LogP contribution in [-0.2, 0) is 0 Å². The number of aliphatic hydroxyl groups excluding tert-OH is 1. The molecule has 2 N–H and O–H groups in total. The first-order valence-electron chi connectivity index (χ1n) is 5.87. The molecule has 0 unspecified atom stereocenters. The van der Waals surface area contributed by atoms with Gasteiger partial charge in [0.05, 0.1) is 12.3 Å². The molecule has 0 saturated carbocycles. The molecule has 19 heavy (non-hydrogen) atoms. The number of nitrogens with zero attached hydrogens (tertiary/aromatic N) is 3. The van der Waals surface area contributed by atoms with Gasteiger partial charge in [0, 0.05) is 19.7 Å². The fourth-order valence-electron chi connectivity index (χ4n) is 1.66. The van der Waals surface area contributed by atoms with Crippen molar-refractivity contribution in [2.45, 2.75) is 0 Å². The molecule has 0 spiro atoms. The van der Waals surface area contributed by atoms with Gasteiger partial charge in [-0.1, -0.05) is 12.1 Å². The smallest absolute Gasteiger partial charge is 0.146 e. The molecule has 0 atom stereocenters. The van der Waals surface area contributed by atoms with Crippen molar-refractivity contribution in [3.8, 4) is 0 Å². The van der Waals surface area contributed by atoms with Gasteiger partial charge in [0.15, 0.2) is 0 Å². The first kappa shape index (κ1) is 13.2. The molecule has 5 nitrogen and oxygen atoms in total. The maximum Gasteiger partial charge on any atom is 0.146 e. The van der Waals surface area contributed by atoms with Crippen molar-refractivity contribution in [1.82, 2.24) is 9.97 Å². The number of hydrogen-bond acceptors (Lipinski definition) is 5. The number of benzene rings is 1. The Labute approximate surface area is 110 Å². The van der Waals surface area contributed by atoms with E-state index in [2.05, 4.69) is 15.3 Å². The van der Waals surface area contributed by atoms with Gasteiger partial charge in [-0.3, -0.25) is 0 Å². The van der Waals surface area contributed by atoms with Crippen LogP contribution in [0.15, 0.2) is 36.7 Å². The van der Waals surface area contributed by atoms with Crippen molar-refractivity contribution in [1.29, 1.82) is 0 Å². The highest BCUT2D eigenvalue weighted by molar-refractivity contribution is 5.61. The lowest BCUT2D eigenvalue weighted by Gasteiger charge is -2.19. The number of nitrogens with one attached hydrogen (secondary N) is 1. The Morgan fingerprint density at radius 2 is 2.11 bits per heavy atom.